The van der Waals surface area contributed by atoms with Crippen molar-refractivity contribution in [1.82, 2.24) is 19.7 Å². The molecule has 0 aliphatic carbocycles. The Labute approximate surface area is 169 Å². The maximum atomic E-state index is 12.6. The molecule has 29 heavy (non-hydrogen) atoms. The Morgan fingerprint density at radius 2 is 1.97 bits per heavy atom. The zero-order valence-corrected chi connectivity index (χ0v) is 16.5. The second kappa shape index (κ2) is 7.87. The number of nitrogens with one attached hydrogen (secondary N) is 1. The number of aromatic nitrogens is 3. The summed E-state index contributed by atoms with van der Waals surface area (Å²) in [5, 5.41) is 11.0. The van der Waals surface area contributed by atoms with E-state index in [2.05, 4.69) is 15.5 Å². The molecule has 148 valence electrons. The van der Waals surface area contributed by atoms with E-state index >= 15 is 0 Å². The molecule has 1 aromatic heterocycles. The molecule has 2 heterocycles. The molecule has 0 saturated carbocycles. The minimum atomic E-state index is -0.203. The molecule has 1 aliphatic rings. The standard InChI is InChI=1S/C22H23N5O2/c1-15-18(22-25-23-14-26(22)2)9-6-10-19(15)24-20(28)13-27-12-17(11-21(27)29)16-7-4-3-5-8-16/h3-10,14,17H,11-13H2,1-2H3,(H,24,28). The molecular formula is C22H23N5O2. The maximum absolute atomic E-state index is 12.6. The monoisotopic (exact) mass is 389 g/mol. The second-order valence-corrected chi connectivity index (χ2v) is 7.38. The first-order valence-corrected chi connectivity index (χ1v) is 9.59. The normalized spacial score (nSPS) is 16.3. The van der Waals surface area contributed by atoms with Gasteiger partial charge in [-0.1, -0.05) is 42.5 Å². The van der Waals surface area contributed by atoms with E-state index in [9.17, 15) is 9.59 Å². The third kappa shape index (κ3) is 3.89. The highest BCUT2D eigenvalue weighted by atomic mass is 16.2. The lowest BCUT2D eigenvalue weighted by Crippen LogP contribution is -2.34. The lowest BCUT2D eigenvalue weighted by molar-refractivity contribution is -0.131. The Morgan fingerprint density at radius 3 is 2.69 bits per heavy atom. The molecule has 0 radical (unpaired) electrons. The van der Waals surface area contributed by atoms with E-state index in [4.69, 9.17) is 0 Å². The summed E-state index contributed by atoms with van der Waals surface area (Å²) in [5.74, 6) is 0.681. The largest absolute Gasteiger partial charge is 0.333 e. The average molecular weight is 389 g/mol. The van der Waals surface area contributed by atoms with Crippen molar-refractivity contribution in [2.45, 2.75) is 19.3 Å². The Bertz CT molecular complexity index is 1040. The highest BCUT2D eigenvalue weighted by Gasteiger charge is 2.31. The van der Waals surface area contributed by atoms with Crippen molar-refractivity contribution in [1.29, 1.82) is 0 Å². The van der Waals surface area contributed by atoms with Crippen LogP contribution < -0.4 is 5.32 Å². The summed E-state index contributed by atoms with van der Waals surface area (Å²) in [5.41, 5.74) is 3.66. The molecule has 0 bridgehead atoms. The number of aryl methyl sites for hydroxylation is 1. The zero-order chi connectivity index (χ0) is 20.4. The van der Waals surface area contributed by atoms with E-state index < -0.39 is 0 Å². The van der Waals surface area contributed by atoms with Crippen molar-refractivity contribution in [3.8, 4) is 11.4 Å². The van der Waals surface area contributed by atoms with Crippen LogP contribution in [0.15, 0.2) is 54.9 Å². The summed E-state index contributed by atoms with van der Waals surface area (Å²) >= 11 is 0. The first-order valence-electron chi connectivity index (χ1n) is 9.59. The summed E-state index contributed by atoms with van der Waals surface area (Å²) in [4.78, 5) is 26.7. The zero-order valence-electron chi connectivity index (χ0n) is 16.5. The van der Waals surface area contributed by atoms with Gasteiger partial charge in [-0.25, -0.2) is 0 Å². The fourth-order valence-electron chi connectivity index (χ4n) is 3.78. The number of hydrogen-bond acceptors (Lipinski definition) is 4. The van der Waals surface area contributed by atoms with E-state index in [1.807, 2.05) is 67.1 Å². The van der Waals surface area contributed by atoms with Gasteiger partial charge in [0.15, 0.2) is 5.82 Å². The molecule has 1 saturated heterocycles. The Hall–Kier alpha value is -3.48. The van der Waals surface area contributed by atoms with Gasteiger partial charge in [0.1, 0.15) is 6.33 Å². The molecule has 3 aromatic rings. The molecule has 1 atom stereocenters. The van der Waals surface area contributed by atoms with Gasteiger partial charge in [0.2, 0.25) is 11.8 Å². The van der Waals surface area contributed by atoms with Crippen LogP contribution in [-0.2, 0) is 16.6 Å². The van der Waals surface area contributed by atoms with Gasteiger partial charge in [-0.3, -0.25) is 9.59 Å². The fourth-order valence-corrected chi connectivity index (χ4v) is 3.78. The summed E-state index contributed by atoms with van der Waals surface area (Å²) in [6.07, 6.45) is 2.08. The summed E-state index contributed by atoms with van der Waals surface area (Å²) in [7, 11) is 1.88. The number of hydrogen-bond donors (Lipinski definition) is 1. The molecule has 0 spiro atoms. The van der Waals surface area contributed by atoms with Crippen LogP contribution in [0.25, 0.3) is 11.4 Å². The number of anilines is 1. The highest BCUT2D eigenvalue weighted by molar-refractivity contribution is 5.96. The predicted octanol–water partition coefficient (Wildman–Crippen LogP) is 2.75. The lowest BCUT2D eigenvalue weighted by Gasteiger charge is -2.18. The van der Waals surface area contributed by atoms with Crippen LogP contribution in [0.1, 0.15) is 23.5 Å². The third-order valence-electron chi connectivity index (χ3n) is 5.38. The number of likely N-dealkylation sites (tertiary alicyclic amines) is 1. The molecule has 4 rings (SSSR count). The van der Waals surface area contributed by atoms with Gasteiger partial charge in [-0.15, -0.1) is 10.2 Å². The molecule has 1 unspecified atom stereocenters. The average Bonchev–Trinajstić information content (AvgIpc) is 3.30. The van der Waals surface area contributed by atoms with Gasteiger partial charge in [0, 0.05) is 37.2 Å². The molecule has 2 aromatic carbocycles. The highest BCUT2D eigenvalue weighted by Crippen LogP contribution is 2.29. The first kappa shape index (κ1) is 18.9. The fraction of sp³-hybridized carbons (Fsp3) is 0.273. The van der Waals surface area contributed by atoms with E-state index in [-0.39, 0.29) is 24.3 Å². The van der Waals surface area contributed by atoms with Crippen molar-refractivity contribution in [2.24, 2.45) is 7.05 Å². The number of amides is 2. The minimum absolute atomic E-state index is 0.0126. The quantitative estimate of drug-likeness (QED) is 0.728. The molecule has 2 amide bonds. The third-order valence-corrected chi connectivity index (χ3v) is 5.38. The van der Waals surface area contributed by atoms with Crippen LogP contribution in [0.4, 0.5) is 5.69 Å². The Morgan fingerprint density at radius 1 is 1.17 bits per heavy atom. The molecule has 1 fully saturated rings. The van der Waals surface area contributed by atoms with Gasteiger partial charge in [0.05, 0.1) is 6.54 Å². The molecule has 1 N–H and O–H groups in total. The second-order valence-electron chi connectivity index (χ2n) is 7.38. The summed E-state index contributed by atoms with van der Waals surface area (Å²) in [6.45, 7) is 2.55. The van der Waals surface area contributed by atoms with Gasteiger partial charge < -0.3 is 14.8 Å². The van der Waals surface area contributed by atoms with Gasteiger partial charge in [-0.05, 0) is 24.1 Å². The van der Waals surface area contributed by atoms with Crippen LogP contribution in [0, 0.1) is 6.92 Å². The Kier molecular flexibility index (Phi) is 5.12. The van der Waals surface area contributed by atoms with Crippen LogP contribution in [0.5, 0.6) is 0 Å². The van der Waals surface area contributed by atoms with E-state index in [0.717, 1.165) is 22.5 Å². The molecule has 1 aliphatic heterocycles. The molecule has 7 heteroatoms. The maximum Gasteiger partial charge on any atom is 0.244 e. The smallest absolute Gasteiger partial charge is 0.244 e. The number of carbonyl (C=O) groups excluding carboxylic acids is 2. The Balaban J connectivity index is 1.44. The molecule has 7 nitrogen and oxygen atoms in total. The molecular weight excluding hydrogens is 366 g/mol. The number of carbonyl (C=O) groups is 2. The summed E-state index contributed by atoms with van der Waals surface area (Å²) in [6, 6.07) is 15.6. The minimum Gasteiger partial charge on any atom is -0.333 e. The van der Waals surface area contributed by atoms with Gasteiger partial charge in [-0.2, -0.15) is 0 Å². The lowest BCUT2D eigenvalue weighted by atomic mass is 9.99. The van der Waals surface area contributed by atoms with Crippen molar-refractivity contribution in [2.75, 3.05) is 18.4 Å². The number of rotatable bonds is 5. The van der Waals surface area contributed by atoms with Crippen molar-refractivity contribution in [3.05, 3.63) is 66.0 Å². The van der Waals surface area contributed by atoms with Gasteiger partial charge >= 0.3 is 0 Å². The van der Waals surface area contributed by atoms with Crippen molar-refractivity contribution >= 4 is 17.5 Å². The van der Waals surface area contributed by atoms with Crippen LogP contribution in [-0.4, -0.2) is 44.6 Å². The van der Waals surface area contributed by atoms with Crippen molar-refractivity contribution in [3.63, 3.8) is 0 Å². The first-order chi connectivity index (χ1) is 14.0. The number of nitrogens with zero attached hydrogens (tertiary/aromatic N) is 4. The SMILES string of the molecule is Cc1c(NC(=O)CN2CC(c3ccccc3)CC2=O)cccc1-c1nncn1C. The van der Waals surface area contributed by atoms with Crippen LogP contribution >= 0.6 is 0 Å². The van der Waals surface area contributed by atoms with E-state index in [1.165, 1.54) is 0 Å². The van der Waals surface area contributed by atoms with Crippen LogP contribution in [0.2, 0.25) is 0 Å². The number of benzene rings is 2. The van der Waals surface area contributed by atoms with E-state index in [1.54, 1.807) is 11.2 Å². The topological polar surface area (TPSA) is 80.1 Å². The van der Waals surface area contributed by atoms with Crippen LogP contribution in [0.3, 0.4) is 0 Å². The van der Waals surface area contributed by atoms with Gasteiger partial charge in [0.25, 0.3) is 0 Å². The summed E-state index contributed by atoms with van der Waals surface area (Å²) < 4.78 is 1.83. The van der Waals surface area contributed by atoms with E-state index in [0.29, 0.717) is 18.7 Å². The van der Waals surface area contributed by atoms with Crippen molar-refractivity contribution < 1.29 is 9.59 Å². The predicted molar refractivity (Wildman–Crippen MR) is 110 cm³/mol.